The van der Waals surface area contributed by atoms with Gasteiger partial charge in [-0.3, -0.25) is 14.6 Å². The Bertz CT molecular complexity index is 374. The first-order valence-electron chi connectivity index (χ1n) is 9.58. The Morgan fingerprint density at radius 1 is 1.00 bits per heavy atom. The van der Waals surface area contributed by atoms with Crippen molar-refractivity contribution in [2.45, 2.75) is 57.6 Å². The molecule has 0 aromatic rings. The van der Waals surface area contributed by atoms with Gasteiger partial charge >= 0.3 is 0 Å². The standard InChI is InChI=1S/C18H33N3O2/c1-16-14-21(12-13-23-16)17-6-10-19(11-7-17)15-18(22)20-8-4-2-3-5-9-20/h16-17H,2-15H2,1H3/t16-/m0/s1. The SMILES string of the molecule is C[C@H]1CN(C2CCN(CC(=O)N3CCCCCC3)CC2)CCO1. The highest BCUT2D eigenvalue weighted by Crippen LogP contribution is 2.19. The maximum absolute atomic E-state index is 12.5. The van der Waals surface area contributed by atoms with Crippen LogP contribution in [0.5, 0.6) is 0 Å². The van der Waals surface area contributed by atoms with E-state index in [0.29, 0.717) is 24.6 Å². The quantitative estimate of drug-likeness (QED) is 0.790. The van der Waals surface area contributed by atoms with Crippen LogP contribution in [0, 0.1) is 0 Å². The van der Waals surface area contributed by atoms with Crippen LogP contribution in [0.3, 0.4) is 0 Å². The lowest BCUT2D eigenvalue weighted by Gasteiger charge is -2.41. The Morgan fingerprint density at radius 3 is 2.35 bits per heavy atom. The molecule has 0 aromatic carbocycles. The predicted octanol–water partition coefficient (Wildman–Crippen LogP) is 1.57. The summed E-state index contributed by atoms with van der Waals surface area (Å²) >= 11 is 0. The largest absolute Gasteiger partial charge is 0.376 e. The Kier molecular flexibility index (Phi) is 6.31. The van der Waals surface area contributed by atoms with E-state index in [1.54, 1.807) is 0 Å². The minimum absolute atomic E-state index is 0.352. The molecular formula is C18H33N3O2. The number of nitrogens with zero attached hydrogens (tertiary/aromatic N) is 3. The van der Waals surface area contributed by atoms with Crippen molar-refractivity contribution in [3.8, 4) is 0 Å². The zero-order chi connectivity index (χ0) is 16.1. The van der Waals surface area contributed by atoms with Gasteiger partial charge in [-0.05, 0) is 32.6 Å². The van der Waals surface area contributed by atoms with Gasteiger partial charge in [-0.1, -0.05) is 12.8 Å². The molecule has 3 aliphatic rings. The van der Waals surface area contributed by atoms with E-state index in [1.165, 1.54) is 38.5 Å². The number of hydrogen-bond donors (Lipinski definition) is 0. The van der Waals surface area contributed by atoms with Crippen molar-refractivity contribution in [1.82, 2.24) is 14.7 Å². The Hall–Kier alpha value is -0.650. The van der Waals surface area contributed by atoms with Crippen LogP contribution < -0.4 is 0 Å². The molecule has 3 heterocycles. The normalized spacial score (nSPS) is 29.4. The van der Waals surface area contributed by atoms with Crippen molar-refractivity contribution in [2.24, 2.45) is 0 Å². The number of carbonyl (C=O) groups is 1. The van der Waals surface area contributed by atoms with Crippen molar-refractivity contribution in [1.29, 1.82) is 0 Å². The number of hydrogen-bond acceptors (Lipinski definition) is 4. The predicted molar refractivity (Wildman–Crippen MR) is 91.5 cm³/mol. The van der Waals surface area contributed by atoms with Crippen LogP contribution in [-0.4, -0.2) is 85.2 Å². The third-order valence-corrected chi connectivity index (χ3v) is 5.66. The number of carbonyl (C=O) groups excluding carboxylic acids is 1. The fraction of sp³-hybridized carbons (Fsp3) is 0.944. The number of morpholine rings is 1. The maximum Gasteiger partial charge on any atom is 0.236 e. The first kappa shape index (κ1) is 17.2. The van der Waals surface area contributed by atoms with Gasteiger partial charge in [-0.15, -0.1) is 0 Å². The van der Waals surface area contributed by atoms with Crippen molar-refractivity contribution in [3.63, 3.8) is 0 Å². The highest BCUT2D eigenvalue weighted by atomic mass is 16.5. The zero-order valence-corrected chi connectivity index (χ0v) is 14.7. The van der Waals surface area contributed by atoms with Gasteiger partial charge in [0.15, 0.2) is 0 Å². The number of rotatable bonds is 3. The van der Waals surface area contributed by atoms with E-state index in [9.17, 15) is 4.79 Å². The molecule has 132 valence electrons. The Labute approximate surface area is 140 Å². The van der Waals surface area contributed by atoms with Crippen LogP contribution in [0.2, 0.25) is 0 Å². The van der Waals surface area contributed by atoms with Crippen molar-refractivity contribution in [2.75, 3.05) is 52.4 Å². The third-order valence-electron chi connectivity index (χ3n) is 5.66. The van der Waals surface area contributed by atoms with Gasteiger partial charge in [-0.2, -0.15) is 0 Å². The molecule has 0 aromatic heterocycles. The van der Waals surface area contributed by atoms with Crippen LogP contribution in [0.25, 0.3) is 0 Å². The van der Waals surface area contributed by atoms with Crippen molar-refractivity contribution >= 4 is 5.91 Å². The molecule has 5 heteroatoms. The Morgan fingerprint density at radius 2 is 1.70 bits per heavy atom. The second-order valence-electron chi connectivity index (χ2n) is 7.48. The summed E-state index contributed by atoms with van der Waals surface area (Å²) in [6, 6.07) is 0.686. The first-order valence-corrected chi connectivity index (χ1v) is 9.58. The second-order valence-corrected chi connectivity index (χ2v) is 7.48. The van der Waals surface area contributed by atoms with E-state index in [4.69, 9.17) is 4.74 Å². The summed E-state index contributed by atoms with van der Waals surface area (Å²) in [5.74, 6) is 0.352. The molecule has 3 rings (SSSR count). The molecule has 1 amide bonds. The molecule has 23 heavy (non-hydrogen) atoms. The lowest BCUT2D eigenvalue weighted by atomic mass is 10.0. The molecule has 0 bridgehead atoms. The summed E-state index contributed by atoms with van der Waals surface area (Å²) in [5, 5.41) is 0. The lowest BCUT2D eigenvalue weighted by Crippen LogP contribution is -2.52. The molecule has 5 nitrogen and oxygen atoms in total. The fourth-order valence-electron chi connectivity index (χ4n) is 4.23. The highest BCUT2D eigenvalue weighted by molar-refractivity contribution is 5.78. The van der Waals surface area contributed by atoms with Crippen molar-refractivity contribution in [3.05, 3.63) is 0 Å². The van der Waals surface area contributed by atoms with Gasteiger partial charge < -0.3 is 9.64 Å². The molecule has 0 spiro atoms. The Balaban J connectivity index is 1.41. The van der Waals surface area contributed by atoms with Gasteiger partial charge in [0.2, 0.25) is 5.91 Å². The topological polar surface area (TPSA) is 36.0 Å². The third kappa shape index (κ3) is 4.91. The van der Waals surface area contributed by atoms with Crippen LogP contribution in [0.4, 0.5) is 0 Å². The molecule has 3 saturated heterocycles. The number of piperidine rings is 1. The fourth-order valence-corrected chi connectivity index (χ4v) is 4.23. The highest BCUT2D eigenvalue weighted by Gasteiger charge is 2.29. The molecule has 3 fully saturated rings. The van der Waals surface area contributed by atoms with Crippen LogP contribution >= 0.6 is 0 Å². The average Bonchev–Trinajstić information content (AvgIpc) is 2.85. The van der Waals surface area contributed by atoms with E-state index in [-0.39, 0.29) is 0 Å². The zero-order valence-electron chi connectivity index (χ0n) is 14.7. The number of likely N-dealkylation sites (tertiary alicyclic amines) is 2. The minimum atomic E-state index is 0.352. The summed E-state index contributed by atoms with van der Waals surface area (Å²) in [4.78, 5) is 19.6. The number of ether oxygens (including phenoxy) is 1. The molecule has 0 aliphatic carbocycles. The molecule has 1 atom stereocenters. The van der Waals surface area contributed by atoms with E-state index in [1.807, 2.05) is 0 Å². The monoisotopic (exact) mass is 323 g/mol. The average molecular weight is 323 g/mol. The lowest BCUT2D eigenvalue weighted by molar-refractivity contribution is -0.132. The minimum Gasteiger partial charge on any atom is -0.376 e. The van der Waals surface area contributed by atoms with Crippen molar-refractivity contribution < 1.29 is 9.53 Å². The maximum atomic E-state index is 12.5. The van der Waals surface area contributed by atoms with Gasteiger partial charge in [0.1, 0.15) is 0 Å². The smallest absolute Gasteiger partial charge is 0.236 e. The second kappa shape index (κ2) is 8.45. The number of amides is 1. The molecule has 3 aliphatic heterocycles. The molecular weight excluding hydrogens is 290 g/mol. The van der Waals surface area contributed by atoms with Gasteiger partial charge in [0.25, 0.3) is 0 Å². The summed E-state index contributed by atoms with van der Waals surface area (Å²) in [5.41, 5.74) is 0. The molecule has 0 radical (unpaired) electrons. The van der Waals surface area contributed by atoms with Crippen LogP contribution in [0.15, 0.2) is 0 Å². The van der Waals surface area contributed by atoms with E-state index < -0.39 is 0 Å². The summed E-state index contributed by atoms with van der Waals surface area (Å²) < 4.78 is 5.65. The summed E-state index contributed by atoms with van der Waals surface area (Å²) in [7, 11) is 0. The van der Waals surface area contributed by atoms with Gasteiger partial charge in [0.05, 0.1) is 19.3 Å². The van der Waals surface area contributed by atoms with Crippen LogP contribution in [-0.2, 0) is 9.53 Å². The van der Waals surface area contributed by atoms with Gasteiger partial charge in [-0.25, -0.2) is 0 Å². The van der Waals surface area contributed by atoms with Gasteiger partial charge in [0, 0.05) is 45.3 Å². The first-order chi connectivity index (χ1) is 11.2. The molecule has 0 unspecified atom stereocenters. The summed E-state index contributed by atoms with van der Waals surface area (Å²) in [6.07, 6.45) is 7.69. The molecule has 0 saturated carbocycles. The molecule has 0 N–H and O–H groups in total. The van der Waals surface area contributed by atoms with E-state index >= 15 is 0 Å². The van der Waals surface area contributed by atoms with E-state index in [0.717, 1.165) is 45.9 Å². The van der Waals surface area contributed by atoms with Crippen LogP contribution in [0.1, 0.15) is 45.4 Å². The van der Waals surface area contributed by atoms with E-state index in [2.05, 4.69) is 21.6 Å². The summed E-state index contributed by atoms with van der Waals surface area (Å²) in [6.45, 7) is 9.88.